The van der Waals surface area contributed by atoms with Crippen LogP contribution in [0.2, 0.25) is 0 Å². The quantitative estimate of drug-likeness (QED) is 0.806. The normalized spacial score (nSPS) is 12.0. The lowest BCUT2D eigenvalue weighted by atomic mass is 9.91. The molecule has 0 saturated heterocycles. The zero-order valence-electron chi connectivity index (χ0n) is 13.1. The Kier molecular flexibility index (Phi) is 5.57. The number of rotatable bonds is 6. The van der Waals surface area contributed by atoms with Gasteiger partial charge < -0.3 is 10.4 Å². The number of nitrogens with one attached hydrogen (secondary N) is 1. The fourth-order valence-electron chi connectivity index (χ4n) is 2.57. The third-order valence-electron chi connectivity index (χ3n) is 4.05. The second-order valence-electron chi connectivity index (χ2n) is 5.46. The Hall–Kier alpha value is -2.31. The van der Waals surface area contributed by atoms with Gasteiger partial charge in [-0.05, 0) is 47.9 Å². The maximum atomic E-state index is 10.4. The standard InChI is InChI=1S/C19H22N2O/c1-3-15(4-2)19(22)16-7-11-18(12-8-16)21-17-9-5-14(13-20)6-10-17/h5-12,15,19,21-22H,3-4H2,1-2H3. The highest BCUT2D eigenvalue weighted by Gasteiger charge is 2.17. The van der Waals surface area contributed by atoms with Crippen molar-refractivity contribution in [3.05, 3.63) is 59.7 Å². The molecule has 3 nitrogen and oxygen atoms in total. The van der Waals surface area contributed by atoms with Crippen LogP contribution in [0.1, 0.15) is 43.9 Å². The number of anilines is 2. The number of nitriles is 1. The van der Waals surface area contributed by atoms with Crippen LogP contribution in [0.4, 0.5) is 11.4 Å². The molecule has 2 N–H and O–H groups in total. The molecular formula is C19H22N2O. The SMILES string of the molecule is CCC(CC)C(O)c1ccc(Nc2ccc(C#N)cc2)cc1. The van der Waals surface area contributed by atoms with Crippen molar-refractivity contribution >= 4 is 11.4 Å². The predicted molar refractivity (Wildman–Crippen MR) is 89.9 cm³/mol. The summed E-state index contributed by atoms with van der Waals surface area (Å²) in [6.07, 6.45) is 1.55. The van der Waals surface area contributed by atoms with Gasteiger partial charge >= 0.3 is 0 Å². The van der Waals surface area contributed by atoms with Crippen molar-refractivity contribution in [3.63, 3.8) is 0 Å². The molecule has 0 saturated carbocycles. The van der Waals surface area contributed by atoms with Crippen LogP contribution in [0.15, 0.2) is 48.5 Å². The molecule has 0 aliphatic carbocycles. The lowest BCUT2D eigenvalue weighted by molar-refractivity contribution is 0.103. The number of nitrogens with zero attached hydrogens (tertiary/aromatic N) is 1. The smallest absolute Gasteiger partial charge is 0.0991 e. The second kappa shape index (κ2) is 7.63. The zero-order valence-corrected chi connectivity index (χ0v) is 13.1. The monoisotopic (exact) mass is 294 g/mol. The van der Waals surface area contributed by atoms with Gasteiger partial charge in [0.15, 0.2) is 0 Å². The molecule has 2 aromatic carbocycles. The topological polar surface area (TPSA) is 56.0 Å². The van der Waals surface area contributed by atoms with Gasteiger partial charge in [-0.2, -0.15) is 5.26 Å². The van der Waals surface area contributed by atoms with E-state index in [1.807, 2.05) is 36.4 Å². The Morgan fingerprint density at radius 2 is 1.45 bits per heavy atom. The van der Waals surface area contributed by atoms with Crippen molar-refractivity contribution in [3.8, 4) is 6.07 Å². The van der Waals surface area contributed by atoms with Crippen LogP contribution in [0, 0.1) is 17.2 Å². The highest BCUT2D eigenvalue weighted by atomic mass is 16.3. The first kappa shape index (κ1) is 16.1. The molecule has 0 aromatic heterocycles. The molecule has 1 unspecified atom stereocenters. The maximum absolute atomic E-state index is 10.4. The summed E-state index contributed by atoms with van der Waals surface area (Å²) in [5, 5.41) is 22.4. The van der Waals surface area contributed by atoms with Crippen LogP contribution in [0.25, 0.3) is 0 Å². The summed E-state index contributed by atoms with van der Waals surface area (Å²) in [5.74, 6) is 0.303. The average molecular weight is 294 g/mol. The minimum Gasteiger partial charge on any atom is -0.388 e. The summed E-state index contributed by atoms with van der Waals surface area (Å²) in [4.78, 5) is 0. The van der Waals surface area contributed by atoms with E-state index in [2.05, 4.69) is 25.2 Å². The Morgan fingerprint density at radius 1 is 0.955 bits per heavy atom. The number of aliphatic hydroxyl groups excluding tert-OH is 1. The Bertz CT molecular complexity index is 622. The zero-order chi connectivity index (χ0) is 15.9. The Morgan fingerprint density at radius 3 is 1.91 bits per heavy atom. The molecule has 114 valence electrons. The molecule has 1 atom stereocenters. The van der Waals surface area contributed by atoms with Gasteiger partial charge in [0.05, 0.1) is 17.7 Å². The highest BCUT2D eigenvalue weighted by molar-refractivity contribution is 5.60. The van der Waals surface area contributed by atoms with Gasteiger partial charge in [0.1, 0.15) is 0 Å². The van der Waals surface area contributed by atoms with E-state index < -0.39 is 6.10 Å². The van der Waals surface area contributed by atoms with E-state index in [1.165, 1.54) is 0 Å². The van der Waals surface area contributed by atoms with Crippen LogP contribution in [0.3, 0.4) is 0 Å². The largest absolute Gasteiger partial charge is 0.388 e. The molecule has 0 spiro atoms. The fourth-order valence-corrected chi connectivity index (χ4v) is 2.57. The van der Waals surface area contributed by atoms with Crippen LogP contribution in [-0.2, 0) is 0 Å². The van der Waals surface area contributed by atoms with Crippen molar-refractivity contribution in [2.45, 2.75) is 32.8 Å². The lowest BCUT2D eigenvalue weighted by Crippen LogP contribution is -2.10. The summed E-state index contributed by atoms with van der Waals surface area (Å²) in [5.41, 5.74) is 3.51. The molecule has 0 aliphatic rings. The first-order valence-electron chi connectivity index (χ1n) is 7.73. The Balaban J connectivity index is 2.06. The number of hydrogen-bond donors (Lipinski definition) is 2. The van der Waals surface area contributed by atoms with E-state index in [1.54, 1.807) is 12.1 Å². The average Bonchev–Trinajstić information content (AvgIpc) is 2.57. The van der Waals surface area contributed by atoms with Gasteiger partial charge in [0.2, 0.25) is 0 Å². The first-order chi connectivity index (χ1) is 10.7. The van der Waals surface area contributed by atoms with E-state index in [9.17, 15) is 5.11 Å². The van der Waals surface area contributed by atoms with E-state index in [4.69, 9.17) is 5.26 Å². The molecule has 0 amide bonds. The Labute approximate surface area is 132 Å². The molecular weight excluding hydrogens is 272 g/mol. The summed E-state index contributed by atoms with van der Waals surface area (Å²) in [7, 11) is 0. The summed E-state index contributed by atoms with van der Waals surface area (Å²) < 4.78 is 0. The van der Waals surface area contributed by atoms with Crippen LogP contribution >= 0.6 is 0 Å². The minimum atomic E-state index is -0.404. The summed E-state index contributed by atoms with van der Waals surface area (Å²) in [6, 6.07) is 17.3. The minimum absolute atomic E-state index is 0.303. The fraction of sp³-hybridized carbons (Fsp3) is 0.316. The third-order valence-corrected chi connectivity index (χ3v) is 4.05. The molecule has 0 heterocycles. The van der Waals surface area contributed by atoms with Crippen molar-refractivity contribution in [1.82, 2.24) is 0 Å². The molecule has 3 heteroatoms. The first-order valence-corrected chi connectivity index (χ1v) is 7.73. The van der Waals surface area contributed by atoms with Gasteiger partial charge in [0.25, 0.3) is 0 Å². The van der Waals surface area contributed by atoms with Crippen molar-refractivity contribution in [2.75, 3.05) is 5.32 Å². The van der Waals surface area contributed by atoms with Crippen molar-refractivity contribution in [2.24, 2.45) is 5.92 Å². The van der Waals surface area contributed by atoms with E-state index in [-0.39, 0.29) is 0 Å². The second-order valence-corrected chi connectivity index (χ2v) is 5.46. The third kappa shape index (κ3) is 3.87. The summed E-state index contributed by atoms with van der Waals surface area (Å²) in [6.45, 7) is 4.22. The molecule has 22 heavy (non-hydrogen) atoms. The summed E-state index contributed by atoms with van der Waals surface area (Å²) >= 11 is 0. The molecule has 2 aromatic rings. The molecule has 2 rings (SSSR count). The number of benzene rings is 2. The van der Waals surface area contributed by atoms with E-state index in [0.717, 1.165) is 29.8 Å². The van der Waals surface area contributed by atoms with Gasteiger partial charge in [-0.25, -0.2) is 0 Å². The molecule has 0 bridgehead atoms. The predicted octanol–water partition coefficient (Wildman–Crippen LogP) is 4.77. The highest BCUT2D eigenvalue weighted by Crippen LogP contribution is 2.28. The molecule has 0 fully saturated rings. The number of aliphatic hydroxyl groups is 1. The van der Waals surface area contributed by atoms with Crippen LogP contribution in [0.5, 0.6) is 0 Å². The lowest BCUT2D eigenvalue weighted by Gasteiger charge is -2.20. The van der Waals surface area contributed by atoms with E-state index in [0.29, 0.717) is 11.5 Å². The maximum Gasteiger partial charge on any atom is 0.0991 e. The van der Waals surface area contributed by atoms with Gasteiger partial charge in [-0.15, -0.1) is 0 Å². The van der Waals surface area contributed by atoms with Crippen LogP contribution < -0.4 is 5.32 Å². The van der Waals surface area contributed by atoms with Crippen LogP contribution in [-0.4, -0.2) is 5.11 Å². The number of hydrogen-bond acceptors (Lipinski definition) is 3. The van der Waals surface area contributed by atoms with E-state index >= 15 is 0 Å². The van der Waals surface area contributed by atoms with Crippen molar-refractivity contribution < 1.29 is 5.11 Å². The van der Waals surface area contributed by atoms with Gasteiger partial charge in [-0.1, -0.05) is 38.8 Å². The van der Waals surface area contributed by atoms with Gasteiger partial charge in [-0.3, -0.25) is 0 Å². The van der Waals surface area contributed by atoms with Crippen molar-refractivity contribution in [1.29, 1.82) is 5.26 Å². The molecule has 0 radical (unpaired) electrons. The van der Waals surface area contributed by atoms with Gasteiger partial charge in [0, 0.05) is 11.4 Å². The molecule has 0 aliphatic heterocycles.